The largest absolute Gasteiger partial charge is 0.465 e. The summed E-state index contributed by atoms with van der Waals surface area (Å²) in [6.45, 7) is 2.10. The van der Waals surface area contributed by atoms with Crippen LogP contribution in [0.1, 0.15) is 21.6 Å². The third-order valence-corrected chi connectivity index (χ3v) is 5.15. The van der Waals surface area contributed by atoms with Crippen molar-refractivity contribution >= 4 is 34.3 Å². The minimum atomic E-state index is -0.382. The molecule has 0 fully saturated rings. The molecule has 130 valence electrons. The summed E-state index contributed by atoms with van der Waals surface area (Å²) in [6, 6.07) is 13.8. The van der Waals surface area contributed by atoms with Gasteiger partial charge in [0.2, 0.25) is 0 Å². The topological polar surface area (TPSA) is 56.5 Å². The van der Waals surface area contributed by atoms with E-state index < -0.39 is 0 Å². The van der Waals surface area contributed by atoms with Crippen LogP contribution in [-0.2, 0) is 10.5 Å². The van der Waals surface area contributed by atoms with Crippen molar-refractivity contribution in [1.82, 2.24) is 14.4 Å². The number of thioether (sulfide) groups is 1. The van der Waals surface area contributed by atoms with Crippen LogP contribution in [0.3, 0.4) is 0 Å². The highest BCUT2D eigenvalue weighted by atomic mass is 32.2. The van der Waals surface area contributed by atoms with Crippen LogP contribution in [0.5, 0.6) is 0 Å². The van der Waals surface area contributed by atoms with Gasteiger partial charge in [0.1, 0.15) is 5.56 Å². The second-order valence-electron chi connectivity index (χ2n) is 5.96. The number of carbonyl (C=O) groups excluding carboxylic acids is 1. The molecule has 4 rings (SSSR count). The summed E-state index contributed by atoms with van der Waals surface area (Å²) < 4.78 is 6.68. The Morgan fingerprint density at radius 1 is 1.19 bits per heavy atom. The van der Waals surface area contributed by atoms with E-state index in [0.717, 1.165) is 16.2 Å². The Hall–Kier alpha value is -2.86. The van der Waals surface area contributed by atoms with Crippen LogP contribution in [0.4, 0.5) is 0 Å². The first-order chi connectivity index (χ1) is 12.7. The molecule has 0 amide bonds. The Labute approximate surface area is 155 Å². The molecule has 5 nitrogen and oxygen atoms in total. The highest BCUT2D eigenvalue weighted by molar-refractivity contribution is 7.98. The number of para-hydroxylation sites is 1. The number of fused-ring (bicyclic) bond motifs is 2. The zero-order chi connectivity index (χ0) is 18.1. The molecular weight excluding hydrogens is 346 g/mol. The molecule has 1 aromatic carbocycles. The Morgan fingerprint density at radius 3 is 2.88 bits per heavy atom. The molecule has 0 unspecified atom stereocenters. The predicted octanol–water partition coefficient (Wildman–Crippen LogP) is 4.27. The van der Waals surface area contributed by atoms with Gasteiger partial charge in [0.25, 0.3) is 0 Å². The first kappa shape index (κ1) is 16.6. The zero-order valence-corrected chi connectivity index (χ0v) is 15.3. The van der Waals surface area contributed by atoms with Gasteiger partial charge in [-0.3, -0.25) is 0 Å². The summed E-state index contributed by atoms with van der Waals surface area (Å²) in [5, 5.41) is 2.14. The SMILES string of the molecule is COC(=O)c1cccn2cc(CSc3cc(C)c4ccccc4n3)nc12. The van der Waals surface area contributed by atoms with Crippen molar-refractivity contribution in [3.63, 3.8) is 0 Å². The third kappa shape index (κ3) is 3.04. The molecule has 0 aliphatic rings. The second kappa shape index (κ2) is 6.80. The van der Waals surface area contributed by atoms with E-state index in [0.29, 0.717) is 17.0 Å². The van der Waals surface area contributed by atoms with E-state index in [1.54, 1.807) is 17.8 Å². The number of hydrogen-bond acceptors (Lipinski definition) is 5. The van der Waals surface area contributed by atoms with E-state index in [9.17, 15) is 4.79 Å². The van der Waals surface area contributed by atoms with Crippen molar-refractivity contribution in [2.24, 2.45) is 0 Å². The number of methoxy groups -OCH3 is 1. The average molecular weight is 363 g/mol. The number of rotatable bonds is 4. The van der Waals surface area contributed by atoms with Crippen LogP contribution in [0.2, 0.25) is 0 Å². The maximum absolute atomic E-state index is 11.9. The number of pyridine rings is 2. The average Bonchev–Trinajstić information content (AvgIpc) is 3.09. The highest BCUT2D eigenvalue weighted by Gasteiger charge is 2.13. The van der Waals surface area contributed by atoms with Gasteiger partial charge in [-0.25, -0.2) is 14.8 Å². The molecule has 0 spiro atoms. The first-order valence-electron chi connectivity index (χ1n) is 8.20. The molecule has 0 saturated heterocycles. The first-order valence-corrected chi connectivity index (χ1v) is 9.18. The van der Waals surface area contributed by atoms with Gasteiger partial charge in [-0.1, -0.05) is 30.0 Å². The second-order valence-corrected chi connectivity index (χ2v) is 6.96. The van der Waals surface area contributed by atoms with E-state index in [4.69, 9.17) is 9.72 Å². The van der Waals surface area contributed by atoms with Gasteiger partial charge in [-0.15, -0.1) is 0 Å². The summed E-state index contributed by atoms with van der Waals surface area (Å²) in [6.07, 6.45) is 3.81. The Bertz CT molecular complexity index is 1120. The lowest BCUT2D eigenvalue weighted by atomic mass is 10.1. The summed E-state index contributed by atoms with van der Waals surface area (Å²) in [5.74, 6) is 0.291. The van der Waals surface area contributed by atoms with Crippen LogP contribution >= 0.6 is 11.8 Å². The number of hydrogen-bond donors (Lipinski definition) is 0. The van der Waals surface area contributed by atoms with Gasteiger partial charge in [0, 0.05) is 23.5 Å². The number of imidazole rings is 1. The summed E-state index contributed by atoms with van der Waals surface area (Å²) in [5.41, 5.74) is 4.17. The number of carbonyl (C=O) groups is 1. The van der Waals surface area contributed by atoms with Crippen LogP contribution in [-0.4, -0.2) is 27.4 Å². The van der Waals surface area contributed by atoms with Crippen LogP contribution in [0.25, 0.3) is 16.6 Å². The molecule has 4 aromatic rings. The summed E-state index contributed by atoms with van der Waals surface area (Å²) in [7, 11) is 1.37. The van der Waals surface area contributed by atoms with Gasteiger partial charge < -0.3 is 9.14 Å². The Kier molecular flexibility index (Phi) is 4.34. The van der Waals surface area contributed by atoms with Crippen LogP contribution < -0.4 is 0 Å². The minimum Gasteiger partial charge on any atom is -0.465 e. The number of ether oxygens (including phenoxy) is 1. The van der Waals surface area contributed by atoms with Crippen LogP contribution in [0.15, 0.2) is 59.9 Å². The van der Waals surface area contributed by atoms with Gasteiger partial charge in [0.15, 0.2) is 5.65 Å². The van der Waals surface area contributed by atoms with Crippen molar-refractivity contribution in [2.45, 2.75) is 17.7 Å². The fourth-order valence-electron chi connectivity index (χ4n) is 2.94. The quantitative estimate of drug-likeness (QED) is 0.400. The monoisotopic (exact) mass is 363 g/mol. The molecule has 6 heteroatoms. The van der Waals surface area contributed by atoms with Crippen molar-refractivity contribution in [3.8, 4) is 0 Å². The van der Waals surface area contributed by atoms with Gasteiger partial charge in [-0.2, -0.15) is 0 Å². The number of aryl methyl sites for hydroxylation is 1. The maximum atomic E-state index is 11.9. The zero-order valence-electron chi connectivity index (χ0n) is 14.5. The van der Waals surface area contributed by atoms with Crippen LogP contribution in [0, 0.1) is 6.92 Å². The molecule has 0 atom stereocenters. The molecule has 3 heterocycles. The van der Waals surface area contributed by atoms with Gasteiger partial charge in [-0.05, 0) is 36.8 Å². The van der Waals surface area contributed by atoms with Crippen molar-refractivity contribution in [1.29, 1.82) is 0 Å². The normalized spacial score (nSPS) is 11.2. The van der Waals surface area contributed by atoms with Crippen molar-refractivity contribution in [3.05, 3.63) is 71.7 Å². The fraction of sp³-hybridized carbons (Fsp3) is 0.150. The number of benzene rings is 1. The summed E-state index contributed by atoms with van der Waals surface area (Å²) in [4.78, 5) is 21.2. The Balaban J connectivity index is 1.61. The molecule has 0 radical (unpaired) electrons. The lowest BCUT2D eigenvalue weighted by molar-refractivity contribution is 0.0602. The lowest BCUT2D eigenvalue weighted by Crippen LogP contribution is -2.03. The number of esters is 1. The van der Waals surface area contributed by atoms with E-state index in [1.165, 1.54) is 18.1 Å². The smallest absolute Gasteiger partial charge is 0.341 e. The van der Waals surface area contributed by atoms with E-state index >= 15 is 0 Å². The molecule has 3 aromatic heterocycles. The highest BCUT2D eigenvalue weighted by Crippen LogP contribution is 2.26. The van der Waals surface area contributed by atoms with E-state index in [-0.39, 0.29) is 5.97 Å². The molecule has 26 heavy (non-hydrogen) atoms. The third-order valence-electron chi connectivity index (χ3n) is 4.21. The standard InChI is InChI=1S/C20H17N3O2S/c1-13-10-18(22-17-8-4-3-6-15(13)17)26-12-14-11-23-9-5-7-16(19(23)21-14)20(24)25-2/h3-11H,12H2,1-2H3. The van der Waals surface area contributed by atoms with Gasteiger partial charge >= 0.3 is 5.97 Å². The predicted molar refractivity (Wildman–Crippen MR) is 103 cm³/mol. The molecule has 0 bridgehead atoms. The molecule has 0 aliphatic heterocycles. The number of aromatic nitrogens is 3. The van der Waals surface area contributed by atoms with Gasteiger partial charge in [0.05, 0.1) is 23.3 Å². The molecule has 0 N–H and O–H groups in total. The minimum absolute atomic E-state index is 0.382. The van der Waals surface area contributed by atoms with Crippen molar-refractivity contribution < 1.29 is 9.53 Å². The Morgan fingerprint density at radius 2 is 2.04 bits per heavy atom. The number of nitrogens with zero attached hydrogens (tertiary/aromatic N) is 3. The fourth-order valence-corrected chi connectivity index (χ4v) is 3.80. The molecular formula is C20H17N3O2S. The lowest BCUT2D eigenvalue weighted by Gasteiger charge is -2.05. The van der Waals surface area contributed by atoms with E-state index in [1.807, 2.05) is 41.1 Å². The molecule has 0 saturated carbocycles. The molecule has 0 aliphatic carbocycles. The maximum Gasteiger partial charge on any atom is 0.341 e. The van der Waals surface area contributed by atoms with Crippen molar-refractivity contribution in [2.75, 3.05) is 7.11 Å². The van der Waals surface area contributed by atoms with E-state index in [2.05, 4.69) is 24.0 Å². The summed E-state index contributed by atoms with van der Waals surface area (Å²) >= 11 is 1.63.